The van der Waals surface area contributed by atoms with E-state index < -0.39 is 6.23 Å². The van der Waals surface area contributed by atoms with Gasteiger partial charge in [-0.05, 0) is 60.2 Å². The predicted molar refractivity (Wildman–Crippen MR) is 131 cm³/mol. The Kier molecular flexibility index (Phi) is 6.03. The monoisotopic (exact) mass is 476 g/mol. The van der Waals surface area contributed by atoms with Gasteiger partial charge in [0.15, 0.2) is 11.5 Å². The molecule has 0 bridgehead atoms. The van der Waals surface area contributed by atoms with Crippen LogP contribution < -0.4 is 28.4 Å². The van der Waals surface area contributed by atoms with Crippen molar-refractivity contribution in [1.82, 2.24) is 5.01 Å². The molecule has 0 saturated heterocycles. The predicted octanol–water partition coefficient (Wildman–Crippen LogP) is 4.97. The molecule has 0 saturated carbocycles. The summed E-state index contributed by atoms with van der Waals surface area (Å²) in [6.45, 7) is 0. The minimum atomic E-state index is -0.495. The molecule has 0 amide bonds. The largest absolute Gasteiger partial charge is 0.497 e. The number of benzene rings is 3. The molecular formula is C27H28N2O6. The Morgan fingerprint density at radius 2 is 1.43 bits per heavy atom. The molecule has 0 spiro atoms. The maximum absolute atomic E-state index is 6.52. The van der Waals surface area contributed by atoms with Crippen molar-refractivity contribution in [2.45, 2.75) is 18.7 Å². The number of hydrazone groups is 1. The molecule has 3 aromatic rings. The third-order valence-corrected chi connectivity index (χ3v) is 6.39. The highest BCUT2D eigenvalue weighted by Gasteiger charge is 2.42. The van der Waals surface area contributed by atoms with Gasteiger partial charge in [-0.25, -0.2) is 5.01 Å². The summed E-state index contributed by atoms with van der Waals surface area (Å²) < 4.78 is 34.0. The fourth-order valence-electron chi connectivity index (χ4n) is 4.61. The average Bonchev–Trinajstić information content (AvgIpc) is 3.37. The van der Waals surface area contributed by atoms with Gasteiger partial charge < -0.3 is 28.4 Å². The van der Waals surface area contributed by atoms with Gasteiger partial charge in [0.1, 0.15) is 17.2 Å². The maximum Gasteiger partial charge on any atom is 0.214 e. The van der Waals surface area contributed by atoms with Crippen molar-refractivity contribution in [3.05, 3.63) is 71.3 Å². The summed E-state index contributed by atoms with van der Waals surface area (Å²) >= 11 is 0. The first-order valence-electron chi connectivity index (χ1n) is 11.2. The van der Waals surface area contributed by atoms with Crippen LogP contribution in [0.4, 0.5) is 0 Å². The van der Waals surface area contributed by atoms with Crippen LogP contribution in [0.2, 0.25) is 0 Å². The molecule has 0 radical (unpaired) electrons. The van der Waals surface area contributed by atoms with E-state index in [9.17, 15) is 0 Å². The van der Waals surface area contributed by atoms with Gasteiger partial charge in [0.05, 0.1) is 47.3 Å². The van der Waals surface area contributed by atoms with Crippen molar-refractivity contribution in [1.29, 1.82) is 0 Å². The summed E-state index contributed by atoms with van der Waals surface area (Å²) in [5.41, 5.74) is 3.87. The molecular weight excluding hydrogens is 448 g/mol. The molecule has 35 heavy (non-hydrogen) atoms. The first-order chi connectivity index (χ1) is 17.1. The Labute approximate surface area is 204 Å². The smallest absolute Gasteiger partial charge is 0.214 e. The summed E-state index contributed by atoms with van der Waals surface area (Å²) in [6.07, 6.45) is 0.224. The van der Waals surface area contributed by atoms with Crippen LogP contribution in [-0.4, -0.2) is 46.3 Å². The molecule has 0 aliphatic carbocycles. The van der Waals surface area contributed by atoms with Gasteiger partial charge in [-0.2, -0.15) is 5.10 Å². The van der Waals surface area contributed by atoms with E-state index in [-0.39, 0.29) is 6.04 Å². The van der Waals surface area contributed by atoms with Gasteiger partial charge in [0, 0.05) is 17.5 Å². The second-order valence-electron chi connectivity index (χ2n) is 8.21. The fourth-order valence-corrected chi connectivity index (χ4v) is 4.61. The van der Waals surface area contributed by atoms with Crippen LogP contribution in [0.25, 0.3) is 0 Å². The van der Waals surface area contributed by atoms with Crippen LogP contribution in [0, 0.1) is 0 Å². The Morgan fingerprint density at radius 3 is 2.03 bits per heavy atom. The number of rotatable bonds is 7. The molecule has 0 unspecified atom stereocenters. The van der Waals surface area contributed by atoms with E-state index in [1.807, 2.05) is 59.6 Å². The van der Waals surface area contributed by atoms with Gasteiger partial charge in [0.2, 0.25) is 12.0 Å². The minimum absolute atomic E-state index is 0.0324. The molecule has 8 nitrogen and oxygen atoms in total. The Hall–Kier alpha value is -4.07. The van der Waals surface area contributed by atoms with E-state index in [0.29, 0.717) is 17.2 Å². The second-order valence-corrected chi connectivity index (χ2v) is 8.21. The van der Waals surface area contributed by atoms with Crippen molar-refractivity contribution < 1.29 is 28.4 Å². The van der Waals surface area contributed by atoms with Crippen LogP contribution in [0.5, 0.6) is 34.5 Å². The van der Waals surface area contributed by atoms with Crippen molar-refractivity contribution in [3.8, 4) is 34.5 Å². The second kappa shape index (κ2) is 9.29. The van der Waals surface area contributed by atoms with E-state index in [1.54, 1.807) is 35.5 Å². The van der Waals surface area contributed by atoms with Crippen molar-refractivity contribution in [2.24, 2.45) is 5.10 Å². The van der Waals surface area contributed by atoms with Gasteiger partial charge >= 0.3 is 0 Å². The van der Waals surface area contributed by atoms with Gasteiger partial charge in [-0.15, -0.1) is 0 Å². The fraction of sp³-hybridized carbons (Fsp3) is 0.296. The number of methoxy groups -OCH3 is 5. The third kappa shape index (κ3) is 3.95. The van der Waals surface area contributed by atoms with E-state index in [1.165, 1.54) is 0 Å². The number of nitrogens with zero attached hydrogens (tertiary/aromatic N) is 2. The summed E-state index contributed by atoms with van der Waals surface area (Å²) in [4.78, 5) is 0. The summed E-state index contributed by atoms with van der Waals surface area (Å²) in [7, 11) is 8.11. The van der Waals surface area contributed by atoms with Crippen LogP contribution in [-0.2, 0) is 0 Å². The number of fused-ring (bicyclic) bond motifs is 3. The highest BCUT2D eigenvalue weighted by Crippen LogP contribution is 2.50. The molecule has 3 aromatic carbocycles. The molecule has 0 aromatic heterocycles. The lowest BCUT2D eigenvalue weighted by Gasteiger charge is -2.38. The summed E-state index contributed by atoms with van der Waals surface area (Å²) in [5.74, 6) is 4.01. The van der Waals surface area contributed by atoms with Crippen molar-refractivity contribution in [3.63, 3.8) is 0 Å². The zero-order valence-corrected chi connectivity index (χ0v) is 20.4. The third-order valence-electron chi connectivity index (χ3n) is 6.39. The summed E-state index contributed by atoms with van der Waals surface area (Å²) in [6, 6.07) is 17.6. The molecule has 8 heteroatoms. The minimum Gasteiger partial charge on any atom is -0.497 e. The molecule has 182 valence electrons. The highest BCUT2D eigenvalue weighted by atomic mass is 16.5. The molecule has 0 fully saturated rings. The number of hydrogen-bond donors (Lipinski definition) is 0. The quantitative estimate of drug-likeness (QED) is 0.477. The lowest BCUT2D eigenvalue weighted by molar-refractivity contribution is -0.0194. The maximum atomic E-state index is 6.52. The normalized spacial score (nSPS) is 18.1. The van der Waals surface area contributed by atoms with Gasteiger partial charge in [-0.1, -0.05) is 0 Å². The lowest BCUT2D eigenvalue weighted by Crippen LogP contribution is -2.33. The molecule has 2 heterocycles. The summed E-state index contributed by atoms with van der Waals surface area (Å²) in [5, 5.41) is 7.03. The molecule has 2 aliphatic rings. The number of ether oxygens (including phenoxy) is 6. The average molecular weight is 477 g/mol. The van der Waals surface area contributed by atoms with Crippen molar-refractivity contribution in [2.75, 3.05) is 35.5 Å². The van der Waals surface area contributed by atoms with Gasteiger partial charge in [-0.3, -0.25) is 0 Å². The molecule has 5 rings (SSSR count). The Morgan fingerprint density at radius 1 is 0.771 bits per heavy atom. The zero-order valence-electron chi connectivity index (χ0n) is 20.4. The van der Waals surface area contributed by atoms with Crippen molar-refractivity contribution >= 4 is 5.71 Å². The van der Waals surface area contributed by atoms with E-state index in [2.05, 4.69) is 0 Å². The Bertz CT molecular complexity index is 1230. The van der Waals surface area contributed by atoms with E-state index >= 15 is 0 Å². The Balaban J connectivity index is 1.61. The zero-order chi connectivity index (χ0) is 24.5. The SMILES string of the molecule is COc1ccc(C2=NN3[C@@H](C2)c2cc(OC)ccc2O[C@H]3c2cc(OC)c(OC)c(OC)c2)cc1. The van der Waals surface area contributed by atoms with Gasteiger partial charge in [0.25, 0.3) is 0 Å². The topological polar surface area (TPSA) is 71.0 Å². The van der Waals surface area contributed by atoms with E-state index in [0.717, 1.165) is 46.1 Å². The van der Waals surface area contributed by atoms with E-state index in [4.69, 9.17) is 33.5 Å². The molecule has 0 N–H and O–H groups in total. The number of hydrogen-bond acceptors (Lipinski definition) is 8. The standard InChI is InChI=1S/C27H28N2O6/c1-30-18-8-6-16(7-9-18)21-15-22-20-14-19(31-2)10-11-23(20)35-27(29(22)28-21)17-12-24(32-3)26(34-5)25(13-17)33-4/h6-14,22,27H,15H2,1-5H3/t22-,27-/m0/s1. The lowest BCUT2D eigenvalue weighted by atomic mass is 9.95. The first-order valence-corrected chi connectivity index (χ1v) is 11.2. The molecule has 2 atom stereocenters. The van der Waals surface area contributed by atoms with Crippen LogP contribution in [0.15, 0.2) is 59.7 Å². The first kappa shape index (κ1) is 22.7. The van der Waals surface area contributed by atoms with Crippen LogP contribution in [0.3, 0.4) is 0 Å². The molecule has 2 aliphatic heterocycles. The highest BCUT2D eigenvalue weighted by molar-refractivity contribution is 6.02. The van der Waals surface area contributed by atoms with Crippen LogP contribution >= 0.6 is 0 Å². The van der Waals surface area contributed by atoms with Crippen LogP contribution in [0.1, 0.15) is 35.4 Å².